The lowest BCUT2D eigenvalue weighted by atomic mass is 10.2. The summed E-state index contributed by atoms with van der Waals surface area (Å²) < 4.78 is 18.2. The van der Waals surface area contributed by atoms with Gasteiger partial charge in [0.1, 0.15) is 5.82 Å². The number of nitrogens with one attached hydrogen (secondary N) is 1. The van der Waals surface area contributed by atoms with Gasteiger partial charge >= 0.3 is 5.97 Å². The lowest BCUT2D eigenvalue weighted by molar-refractivity contribution is -0.384. The average Bonchev–Trinajstić information content (AvgIpc) is 2.56. The van der Waals surface area contributed by atoms with Gasteiger partial charge < -0.3 is 10.1 Å². The highest BCUT2D eigenvalue weighted by Crippen LogP contribution is 2.23. The third kappa shape index (κ3) is 4.74. The van der Waals surface area contributed by atoms with E-state index in [2.05, 4.69) is 5.32 Å². The van der Waals surface area contributed by atoms with Gasteiger partial charge in [-0.2, -0.15) is 0 Å². The van der Waals surface area contributed by atoms with Gasteiger partial charge in [0.2, 0.25) is 0 Å². The lowest BCUT2D eigenvalue weighted by Crippen LogP contribution is -2.21. The Hall–Kier alpha value is -3.00. The van der Waals surface area contributed by atoms with Crippen molar-refractivity contribution in [1.29, 1.82) is 0 Å². The molecule has 7 nitrogen and oxygen atoms in total. The molecular weight excluding hydrogens is 355 g/mol. The van der Waals surface area contributed by atoms with Crippen molar-refractivity contribution >= 4 is 34.9 Å². The summed E-state index contributed by atoms with van der Waals surface area (Å²) in [6.07, 6.45) is 0. The molecule has 2 aromatic carbocycles. The summed E-state index contributed by atoms with van der Waals surface area (Å²) in [5, 5.41) is 12.8. The first-order valence-electron chi connectivity index (χ1n) is 6.95. The topological polar surface area (TPSA) is 98.5 Å². The zero-order chi connectivity index (χ0) is 18.6. The van der Waals surface area contributed by atoms with Gasteiger partial charge in [-0.25, -0.2) is 9.18 Å². The summed E-state index contributed by atoms with van der Waals surface area (Å²) in [6, 6.07) is 7.38. The van der Waals surface area contributed by atoms with Crippen molar-refractivity contribution in [2.45, 2.75) is 6.92 Å². The molecule has 130 valence electrons. The molecule has 0 aliphatic heterocycles. The minimum absolute atomic E-state index is 0.110. The minimum Gasteiger partial charge on any atom is -0.452 e. The number of nitrogens with zero attached hydrogens (tertiary/aromatic N) is 1. The fourth-order valence-electron chi connectivity index (χ4n) is 1.86. The maximum absolute atomic E-state index is 13.4. The minimum atomic E-state index is -0.912. The Labute approximate surface area is 146 Å². The van der Waals surface area contributed by atoms with Crippen molar-refractivity contribution < 1.29 is 23.6 Å². The normalized spacial score (nSPS) is 10.2. The Morgan fingerprint density at radius 3 is 2.60 bits per heavy atom. The van der Waals surface area contributed by atoms with Crippen molar-refractivity contribution in [2.24, 2.45) is 0 Å². The number of carbonyl (C=O) groups excluding carboxylic acids is 2. The van der Waals surface area contributed by atoms with Crippen LogP contribution in [0, 0.1) is 22.9 Å². The number of carbonyl (C=O) groups is 2. The SMILES string of the molecule is Cc1ccc(NC(=O)COC(=O)c2ccc([N+](=O)[O-])cc2Cl)cc1F. The van der Waals surface area contributed by atoms with Gasteiger partial charge in [0.25, 0.3) is 11.6 Å². The van der Waals surface area contributed by atoms with E-state index in [1.807, 2.05) is 0 Å². The van der Waals surface area contributed by atoms with E-state index in [9.17, 15) is 24.1 Å². The van der Waals surface area contributed by atoms with E-state index >= 15 is 0 Å². The third-order valence-electron chi connectivity index (χ3n) is 3.17. The molecule has 0 unspecified atom stereocenters. The summed E-state index contributed by atoms with van der Waals surface area (Å²) in [4.78, 5) is 33.6. The molecule has 2 rings (SSSR count). The maximum Gasteiger partial charge on any atom is 0.340 e. The molecule has 0 bridgehead atoms. The number of nitro benzene ring substituents is 1. The van der Waals surface area contributed by atoms with Crippen LogP contribution < -0.4 is 5.32 Å². The number of aryl methyl sites for hydroxylation is 1. The number of hydrogen-bond donors (Lipinski definition) is 1. The van der Waals surface area contributed by atoms with Crippen LogP contribution in [-0.2, 0) is 9.53 Å². The van der Waals surface area contributed by atoms with Crippen LogP contribution in [0.5, 0.6) is 0 Å². The Balaban J connectivity index is 1.96. The summed E-state index contributed by atoms with van der Waals surface area (Å²) in [6.45, 7) is 0.957. The maximum atomic E-state index is 13.4. The standard InChI is InChI=1S/C16H12ClFN2O5/c1-9-2-3-10(6-14(9)18)19-15(21)8-25-16(22)12-5-4-11(20(23)24)7-13(12)17/h2-7H,8H2,1H3,(H,19,21). The Bertz CT molecular complexity index is 856. The molecular formula is C16H12ClFN2O5. The first-order chi connectivity index (χ1) is 11.8. The smallest absolute Gasteiger partial charge is 0.340 e. The van der Waals surface area contributed by atoms with Crippen LogP contribution in [0.25, 0.3) is 0 Å². The molecule has 0 aliphatic rings. The number of nitro groups is 1. The van der Waals surface area contributed by atoms with Crippen LogP contribution in [0.3, 0.4) is 0 Å². The second kappa shape index (κ2) is 7.71. The van der Waals surface area contributed by atoms with Crippen LogP contribution >= 0.6 is 11.6 Å². The van der Waals surface area contributed by atoms with Crippen LogP contribution in [0.15, 0.2) is 36.4 Å². The zero-order valence-electron chi connectivity index (χ0n) is 12.9. The van der Waals surface area contributed by atoms with Crippen molar-refractivity contribution in [3.63, 3.8) is 0 Å². The highest BCUT2D eigenvalue weighted by Gasteiger charge is 2.17. The van der Waals surface area contributed by atoms with Crippen molar-refractivity contribution in [1.82, 2.24) is 0 Å². The van der Waals surface area contributed by atoms with E-state index in [1.54, 1.807) is 6.92 Å². The molecule has 1 amide bonds. The van der Waals surface area contributed by atoms with E-state index < -0.39 is 29.2 Å². The zero-order valence-corrected chi connectivity index (χ0v) is 13.7. The average molecular weight is 367 g/mol. The Morgan fingerprint density at radius 2 is 2.00 bits per heavy atom. The summed E-state index contributed by atoms with van der Waals surface area (Å²) in [5.41, 5.74) is 0.261. The van der Waals surface area contributed by atoms with Gasteiger partial charge in [-0.15, -0.1) is 0 Å². The molecule has 0 aromatic heterocycles. The first kappa shape index (κ1) is 18.3. The lowest BCUT2D eigenvalue weighted by Gasteiger charge is -2.08. The third-order valence-corrected chi connectivity index (χ3v) is 3.49. The second-order valence-corrected chi connectivity index (χ2v) is 5.42. The number of halogens is 2. The molecule has 0 saturated carbocycles. The van der Waals surface area contributed by atoms with E-state index in [4.69, 9.17) is 16.3 Å². The highest BCUT2D eigenvalue weighted by atomic mass is 35.5. The molecule has 0 spiro atoms. The highest BCUT2D eigenvalue weighted by molar-refractivity contribution is 6.33. The predicted molar refractivity (Wildman–Crippen MR) is 88.2 cm³/mol. The molecule has 1 N–H and O–H groups in total. The van der Waals surface area contributed by atoms with Gasteiger partial charge in [-0.3, -0.25) is 14.9 Å². The number of rotatable bonds is 5. The molecule has 2 aromatic rings. The van der Waals surface area contributed by atoms with Crippen molar-refractivity contribution in [3.8, 4) is 0 Å². The fourth-order valence-corrected chi connectivity index (χ4v) is 2.11. The molecule has 0 aliphatic carbocycles. The molecule has 9 heteroatoms. The number of ether oxygens (including phenoxy) is 1. The summed E-state index contributed by atoms with van der Waals surface area (Å²) in [7, 11) is 0. The predicted octanol–water partition coefficient (Wildman–Crippen LogP) is 3.49. The fraction of sp³-hybridized carbons (Fsp3) is 0.125. The molecule has 0 atom stereocenters. The van der Waals surface area contributed by atoms with Crippen LogP contribution in [0.4, 0.5) is 15.8 Å². The monoisotopic (exact) mass is 366 g/mol. The van der Waals surface area contributed by atoms with E-state index in [-0.39, 0.29) is 22.0 Å². The van der Waals surface area contributed by atoms with Crippen LogP contribution in [0.2, 0.25) is 5.02 Å². The number of anilines is 1. The number of hydrogen-bond acceptors (Lipinski definition) is 5. The van der Waals surface area contributed by atoms with Crippen molar-refractivity contribution in [3.05, 3.63) is 68.5 Å². The Morgan fingerprint density at radius 1 is 1.28 bits per heavy atom. The van der Waals surface area contributed by atoms with Gasteiger partial charge in [0, 0.05) is 17.8 Å². The van der Waals surface area contributed by atoms with Gasteiger partial charge in [-0.05, 0) is 30.7 Å². The van der Waals surface area contributed by atoms with Crippen LogP contribution in [-0.4, -0.2) is 23.4 Å². The molecule has 25 heavy (non-hydrogen) atoms. The Kier molecular flexibility index (Phi) is 5.66. The second-order valence-electron chi connectivity index (χ2n) is 5.01. The quantitative estimate of drug-likeness (QED) is 0.496. The van der Waals surface area contributed by atoms with Crippen molar-refractivity contribution in [2.75, 3.05) is 11.9 Å². The molecule has 0 saturated heterocycles. The van der Waals surface area contributed by atoms with E-state index in [1.165, 1.54) is 12.1 Å². The largest absolute Gasteiger partial charge is 0.452 e. The molecule has 0 heterocycles. The number of esters is 1. The summed E-state index contributed by atoms with van der Waals surface area (Å²) >= 11 is 5.80. The van der Waals surface area contributed by atoms with E-state index in [0.29, 0.717) is 5.56 Å². The first-order valence-corrected chi connectivity index (χ1v) is 7.33. The van der Waals surface area contributed by atoms with E-state index in [0.717, 1.165) is 24.3 Å². The number of non-ortho nitro benzene ring substituents is 1. The molecule has 0 fully saturated rings. The number of amides is 1. The molecule has 0 radical (unpaired) electrons. The van der Waals surface area contributed by atoms with Gasteiger partial charge in [0.05, 0.1) is 15.5 Å². The summed E-state index contributed by atoms with van der Waals surface area (Å²) in [5.74, 6) is -2.06. The number of benzene rings is 2. The van der Waals surface area contributed by atoms with Crippen LogP contribution in [0.1, 0.15) is 15.9 Å². The van der Waals surface area contributed by atoms with Gasteiger partial charge in [0.15, 0.2) is 6.61 Å². The van der Waals surface area contributed by atoms with Gasteiger partial charge in [-0.1, -0.05) is 17.7 Å².